The molecule has 2 nitrogen and oxygen atoms in total. The van der Waals surface area contributed by atoms with E-state index in [4.69, 9.17) is 4.74 Å². The fourth-order valence-electron chi connectivity index (χ4n) is 1.87. The number of methoxy groups -OCH3 is 1. The smallest absolute Gasteiger partial charge is 0.118 e. The minimum atomic E-state index is -0.526. The van der Waals surface area contributed by atoms with Gasteiger partial charge in [-0.1, -0.05) is 44.0 Å². The van der Waals surface area contributed by atoms with Crippen molar-refractivity contribution >= 4 is 31.9 Å². The summed E-state index contributed by atoms with van der Waals surface area (Å²) in [7, 11) is 1.64. The number of hydrogen-bond donors (Lipinski definition) is 1. The van der Waals surface area contributed by atoms with Crippen LogP contribution in [0, 0.1) is 0 Å². The fourth-order valence-corrected chi connectivity index (χ4v) is 3.20. The van der Waals surface area contributed by atoms with Gasteiger partial charge in [-0.25, -0.2) is 0 Å². The Balaban J connectivity index is 2.13. The van der Waals surface area contributed by atoms with E-state index >= 15 is 0 Å². The molecule has 19 heavy (non-hydrogen) atoms. The van der Waals surface area contributed by atoms with Gasteiger partial charge in [0.2, 0.25) is 0 Å². The monoisotopic (exact) mass is 384 g/mol. The Kier molecular flexibility index (Phi) is 5.02. The van der Waals surface area contributed by atoms with Crippen molar-refractivity contribution in [2.75, 3.05) is 7.11 Å². The van der Waals surface area contributed by atoms with Crippen molar-refractivity contribution in [3.63, 3.8) is 0 Å². The molecule has 0 bridgehead atoms. The molecule has 1 N–H and O–H groups in total. The van der Waals surface area contributed by atoms with E-state index in [-0.39, 0.29) is 0 Å². The second-order valence-corrected chi connectivity index (χ2v) is 6.10. The second kappa shape index (κ2) is 6.55. The van der Waals surface area contributed by atoms with Gasteiger partial charge in [0.15, 0.2) is 0 Å². The van der Waals surface area contributed by atoms with E-state index in [1.54, 1.807) is 7.11 Å². The van der Waals surface area contributed by atoms with Gasteiger partial charge < -0.3 is 9.84 Å². The molecule has 1 atom stereocenters. The van der Waals surface area contributed by atoms with Gasteiger partial charge in [0.1, 0.15) is 5.75 Å². The number of benzene rings is 2. The standard InChI is InChI=1S/C15H14Br2O2/c1-19-14-4-2-10(3-5-14)6-15(18)11-7-12(16)9-13(17)8-11/h2-5,7-9,15,18H,6H2,1H3. The Hall–Kier alpha value is -0.840. The van der Waals surface area contributed by atoms with Crippen LogP contribution in [0.4, 0.5) is 0 Å². The Morgan fingerprint density at radius 3 is 2.16 bits per heavy atom. The van der Waals surface area contributed by atoms with E-state index in [0.29, 0.717) is 6.42 Å². The minimum absolute atomic E-state index is 0.526. The number of ether oxygens (including phenoxy) is 1. The van der Waals surface area contributed by atoms with E-state index in [1.165, 1.54) is 0 Å². The summed E-state index contributed by atoms with van der Waals surface area (Å²) < 4.78 is 7.01. The quantitative estimate of drug-likeness (QED) is 0.839. The highest BCUT2D eigenvalue weighted by Gasteiger charge is 2.10. The van der Waals surface area contributed by atoms with E-state index in [2.05, 4.69) is 31.9 Å². The first-order chi connectivity index (χ1) is 9.08. The third kappa shape index (κ3) is 4.06. The molecule has 0 saturated carbocycles. The Morgan fingerprint density at radius 1 is 1.05 bits per heavy atom. The van der Waals surface area contributed by atoms with Crippen molar-refractivity contribution in [3.05, 3.63) is 62.5 Å². The predicted octanol–water partition coefficient (Wildman–Crippen LogP) is 4.50. The molecule has 0 aliphatic rings. The highest BCUT2D eigenvalue weighted by molar-refractivity contribution is 9.11. The van der Waals surface area contributed by atoms with Crippen LogP contribution in [0.1, 0.15) is 17.2 Å². The van der Waals surface area contributed by atoms with Crippen LogP contribution in [-0.2, 0) is 6.42 Å². The Morgan fingerprint density at radius 2 is 1.63 bits per heavy atom. The van der Waals surface area contributed by atoms with Gasteiger partial charge in [0.05, 0.1) is 13.2 Å². The van der Waals surface area contributed by atoms with Gasteiger partial charge in [0.25, 0.3) is 0 Å². The molecule has 0 spiro atoms. The van der Waals surface area contributed by atoms with E-state index in [1.807, 2.05) is 42.5 Å². The summed E-state index contributed by atoms with van der Waals surface area (Å²) in [4.78, 5) is 0. The lowest BCUT2D eigenvalue weighted by atomic mass is 10.0. The molecule has 0 saturated heterocycles. The zero-order valence-electron chi connectivity index (χ0n) is 10.4. The molecule has 2 rings (SSSR count). The maximum absolute atomic E-state index is 10.3. The van der Waals surface area contributed by atoms with Crippen LogP contribution < -0.4 is 4.74 Å². The maximum Gasteiger partial charge on any atom is 0.118 e. The lowest BCUT2D eigenvalue weighted by molar-refractivity contribution is 0.178. The SMILES string of the molecule is COc1ccc(CC(O)c2cc(Br)cc(Br)c2)cc1. The summed E-state index contributed by atoms with van der Waals surface area (Å²) in [6.07, 6.45) is 0.0505. The van der Waals surface area contributed by atoms with Crippen LogP contribution in [0.15, 0.2) is 51.4 Å². The molecule has 100 valence electrons. The van der Waals surface area contributed by atoms with Gasteiger partial charge in [-0.15, -0.1) is 0 Å². The van der Waals surface area contributed by atoms with Gasteiger partial charge in [-0.05, 0) is 41.5 Å². The molecule has 0 aromatic heterocycles. The predicted molar refractivity (Wildman–Crippen MR) is 83.5 cm³/mol. The van der Waals surface area contributed by atoms with Crippen LogP contribution in [-0.4, -0.2) is 12.2 Å². The largest absolute Gasteiger partial charge is 0.497 e. The molecular formula is C15H14Br2O2. The molecule has 0 amide bonds. The van der Waals surface area contributed by atoms with Crippen molar-refractivity contribution in [2.45, 2.75) is 12.5 Å². The van der Waals surface area contributed by atoms with E-state index in [0.717, 1.165) is 25.8 Å². The summed E-state index contributed by atoms with van der Waals surface area (Å²) in [6.45, 7) is 0. The molecular weight excluding hydrogens is 372 g/mol. The van der Waals surface area contributed by atoms with E-state index < -0.39 is 6.10 Å². The topological polar surface area (TPSA) is 29.5 Å². The lowest BCUT2D eigenvalue weighted by Crippen LogP contribution is -2.02. The summed E-state index contributed by atoms with van der Waals surface area (Å²) in [5, 5.41) is 10.3. The number of aliphatic hydroxyl groups is 1. The van der Waals surface area contributed by atoms with Crippen LogP contribution in [0.2, 0.25) is 0 Å². The van der Waals surface area contributed by atoms with Crippen molar-refractivity contribution in [1.82, 2.24) is 0 Å². The zero-order valence-corrected chi connectivity index (χ0v) is 13.6. The maximum atomic E-state index is 10.3. The number of halogens is 2. The van der Waals surface area contributed by atoms with Gasteiger partial charge in [0, 0.05) is 15.4 Å². The number of rotatable bonds is 4. The van der Waals surface area contributed by atoms with Gasteiger partial charge in [-0.3, -0.25) is 0 Å². The molecule has 0 fully saturated rings. The zero-order chi connectivity index (χ0) is 13.8. The molecule has 4 heteroatoms. The number of hydrogen-bond acceptors (Lipinski definition) is 2. The summed E-state index contributed by atoms with van der Waals surface area (Å²) in [6, 6.07) is 13.5. The van der Waals surface area contributed by atoms with Crippen molar-refractivity contribution in [2.24, 2.45) is 0 Å². The summed E-state index contributed by atoms with van der Waals surface area (Å²) in [5.74, 6) is 0.823. The first kappa shape index (κ1) is 14.6. The van der Waals surface area contributed by atoms with Crippen LogP contribution in [0.25, 0.3) is 0 Å². The molecule has 2 aromatic carbocycles. The third-order valence-corrected chi connectivity index (χ3v) is 3.77. The number of aliphatic hydroxyl groups excluding tert-OH is 1. The molecule has 1 unspecified atom stereocenters. The van der Waals surface area contributed by atoms with Crippen molar-refractivity contribution in [1.29, 1.82) is 0 Å². The van der Waals surface area contributed by atoms with E-state index in [9.17, 15) is 5.11 Å². The highest BCUT2D eigenvalue weighted by Crippen LogP contribution is 2.26. The second-order valence-electron chi connectivity index (χ2n) is 4.27. The normalized spacial score (nSPS) is 12.2. The minimum Gasteiger partial charge on any atom is -0.497 e. The average molecular weight is 386 g/mol. The molecule has 0 aliphatic heterocycles. The highest BCUT2D eigenvalue weighted by atomic mass is 79.9. The van der Waals surface area contributed by atoms with Gasteiger partial charge >= 0.3 is 0 Å². The Bertz CT molecular complexity index is 532. The van der Waals surface area contributed by atoms with Gasteiger partial charge in [-0.2, -0.15) is 0 Å². The molecule has 2 aromatic rings. The van der Waals surface area contributed by atoms with Crippen LogP contribution in [0.3, 0.4) is 0 Å². The van der Waals surface area contributed by atoms with Crippen molar-refractivity contribution in [3.8, 4) is 5.75 Å². The lowest BCUT2D eigenvalue weighted by Gasteiger charge is -2.12. The molecule has 0 heterocycles. The molecule has 0 radical (unpaired) electrons. The third-order valence-electron chi connectivity index (χ3n) is 2.86. The van der Waals surface area contributed by atoms with Crippen LogP contribution in [0.5, 0.6) is 5.75 Å². The summed E-state index contributed by atoms with van der Waals surface area (Å²) in [5.41, 5.74) is 1.96. The first-order valence-electron chi connectivity index (χ1n) is 5.85. The average Bonchev–Trinajstić information content (AvgIpc) is 2.38. The van der Waals surface area contributed by atoms with Crippen LogP contribution >= 0.6 is 31.9 Å². The Labute approximate surface area is 129 Å². The fraction of sp³-hybridized carbons (Fsp3) is 0.200. The molecule has 0 aliphatic carbocycles. The van der Waals surface area contributed by atoms with Crippen molar-refractivity contribution < 1.29 is 9.84 Å². The summed E-state index contributed by atoms with van der Waals surface area (Å²) >= 11 is 6.86. The first-order valence-corrected chi connectivity index (χ1v) is 7.44.